The molecule has 1 amide bonds. The van der Waals surface area contributed by atoms with Crippen LogP contribution in [0.25, 0.3) is 6.08 Å². The van der Waals surface area contributed by atoms with E-state index in [1.807, 2.05) is 13.0 Å². The summed E-state index contributed by atoms with van der Waals surface area (Å²) in [6.07, 6.45) is 7.99. The number of pyridine rings is 1. The van der Waals surface area contributed by atoms with Gasteiger partial charge >= 0.3 is 0 Å². The standard InChI is InChI=1S/C14H13N3O2/c1-11-6-7-12(10-15-11)14(18)17-16-8-2-4-13-5-3-9-19-13/h2-10H,1H3,(H,17,18)/b4-2+,16-8+. The van der Waals surface area contributed by atoms with Crippen molar-refractivity contribution in [2.45, 2.75) is 6.92 Å². The maximum absolute atomic E-state index is 11.6. The molecule has 0 aliphatic carbocycles. The number of hydrazone groups is 1. The Morgan fingerprint density at radius 3 is 3.00 bits per heavy atom. The van der Waals surface area contributed by atoms with Gasteiger partial charge in [0.25, 0.3) is 5.91 Å². The number of aryl methyl sites for hydroxylation is 1. The fraction of sp³-hybridized carbons (Fsp3) is 0.0714. The summed E-state index contributed by atoms with van der Waals surface area (Å²) in [6, 6.07) is 7.09. The van der Waals surface area contributed by atoms with Crippen molar-refractivity contribution in [1.82, 2.24) is 10.4 Å². The molecule has 0 spiro atoms. The molecule has 0 unspecified atom stereocenters. The van der Waals surface area contributed by atoms with E-state index in [1.54, 1.807) is 36.6 Å². The van der Waals surface area contributed by atoms with Crippen LogP contribution in [0.2, 0.25) is 0 Å². The molecule has 0 saturated heterocycles. The van der Waals surface area contributed by atoms with Crippen molar-refractivity contribution in [2.75, 3.05) is 0 Å². The highest BCUT2D eigenvalue weighted by molar-refractivity contribution is 5.94. The predicted octanol–water partition coefficient (Wildman–Crippen LogP) is 2.41. The van der Waals surface area contributed by atoms with Crippen molar-refractivity contribution in [3.8, 4) is 0 Å². The molecule has 0 fully saturated rings. The van der Waals surface area contributed by atoms with Crippen LogP contribution in [0.15, 0.2) is 52.3 Å². The van der Waals surface area contributed by atoms with Crippen LogP contribution in [-0.2, 0) is 0 Å². The third-order valence-corrected chi connectivity index (χ3v) is 2.30. The van der Waals surface area contributed by atoms with Crippen LogP contribution < -0.4 is 5.43 Å². The van der Waals surface area contributed by atoms with E-state index >= 15 is 0 Å². The molecule has 2 aromatic rings. The molecule has 0 radical (unpaired) electrons. The van der Waals surface area contributed by atoms with Crippen molar-refractivity contribution in [2.24, 2.45) is 5.10 Å². The fourth-order valence-electron chi connectivity index (χ4n) is 1.33. The summed E-state index contributed by atoms with van der Waals surface area (Å²) in [4.78, 5) is 15.7. The van der Waals surface area contributed by atoms with E-state index in [0.717, 1.165) is 11.5 Å². The van der Waals surface area contributed by atoms with Gasteiger partial charge in [-0.3, -0.25) is 9.78 Å². The minimum absolute atomic E-state index is 0.296. The van der Waals surface area contributed by atoms with E-state index in [0.29, 0.717) is 5.56 Å². The molecule has 2 rings (SSSR count). The highest BCUT2D eigenvalue weighted by Gasteiger charge is 2.02. The minimum Gasteiger partial charge on any atom is -0.465 e. The molecule has 5 heteroatoms. The van der Waals surface area contributed by atoms with E-state index in [2.05, 4.69) is 15.5 Å². The molecule has 96 valence electrons. The van der Waals surface area contributed by atoms with Crippen molar-refractivity contribution < 1.29 is 9.21 Å². The fourth-order valence-corrected chi connectivity index (χ4v) is 1.33. The molecular formula is C14H13N3O2. The van der Waals surface area contributed by atoms with Gasteiger partial charge < -0.3 is 4.42 Å². The van der Waals surface area contributed by atoms with E-state index < -0.39 is 0 Å². The number of hydrogen-bond donors (Lipinski definition) is 1. The van der Waals surface area contributed by atoms with Gasteiger partial charge in [-0.25, -0.2) is 5.43 Å². The Labute approximate surface area is 110 Å². The van der Waals surface area contributed by atoms with E-state index in [9.17, 15) is 4.79 Å². The largest absolute Gasteiger partial charge is 0.465 e. The quantitative estimate of drug-likeness (QED) is 0.673. The first-order valence-corrected chi connectivity index (χ1v) is 5.72. The van der Waals surface area contributed by atoms with Crippen molar-refractivity contribution in [1.29, 1.82) is 0 Å². The van der Waals surface area contributed by atoms with Crippen molar-refractivity contribution in [3.63, 3.8) is 0 Å². The lowest BCUT2D eigenvalue weighted by atomic mass is 10.2. The number of carbonyl (C=O) groups excluding carboxylic acids is 1. The first-order chi connectivity index (χ1) is 9.25. The molecule has 0 atom stereocenters. The Kier molecular flexibility index (Phi) is 4.23. The van der Waals surface area contributed by atoms with Gasteiger partial charge in [0.2, 0.25) is 0 Å². The van der Waals surface area contributed by atoms with E-state index in [4.69, 9.17) is 4.42 Å². The molecule has 0 saturated carbocycles. The second kappa shape index (κ2) is 6.30. The number of allylic oxidation sites excluding steroid dienone is 1. The van der Waals surface area contributed by atoms with Gasteiger partial charge in [0.05, 0.1) is 11.8 Å². The monoisotopic (exact) mass is 255 g/mol. The Bertz CT molecular complexity index is 584. The molecule has 5 nitrogen and oxygen atoms in total. The van der Waals surface area contributed by atoms with Crippen LogP contribution in [0.3, 0.4) is 0 Å². The van der Waals surface area contributed by atoms with Gasteiger partial charge in [0.15, 0.2) is 0 Å². The number of nitrogens with zero attached hydrogens (tertiary/aromatic N) is 2. The molecule has 0 aromatic carbocycles. The first kappa shape index (κ1) is 12.8. The average Bonchev–Trinajstić information content (AvgIpc) is 2.92. The van der Waals surface area contributed by atoms with Gasteiger partial charge in [0, 0.05) is 18.1 Å². The summed E-state index contributed by atoms with van der Waals surface area (Å²) in [5, 5.41) is 3.79. The topological polar surface area (TPSA) is 67.5 Å². The SMILES string of the molecule is Cc1ccc(C(=O)N/N=C/C=C/c2ccco2)cn1. The van der Waals surface area contributed by atoms with Gasteiger partial charge in [-0.15, -0.1) is 0 Å². The predicted molar refractivity (Wildman–Crippen MR) is 72.7 cm³/mol. The zero-order valence-electron chi connectivity index (χ0n) is 10.4. The third-order valence-electron chi connectivity index (χ3n) is 2.30. The van der Waals surface area contributed by atoms with Gasteiger partial charge in [-0.2, -0.15) is 5.10 Å². The maximum atomic E-state index is 11.6. The molecule has 2 aromatic heterocycles. The second-order valence-corrected chi connectivity index (χ2v) is 3.78. The molecular weight excluding hydrogens is 242 g/mol. The zero-order valence-corrected chi connectivity index (χ0v) is 10.4. The van der Waals surface area contributed by atoms with E-state index in [-0.39, 0.29) is 5.91 Å². The molecule has 2 heterocycles. The summed E-state index contributed by atoms with van der Waals surface area (Å²) >= 11 is 0. The van der Waals surface area contributed by atoms with Crippen LogP contribution >= 0.6 is 0 Å². The Balaban J connectivity index is 1.85. The smallest absolute Gasteiger partial charge is 0.272 e. The van der Waals surface area contributed by atoms with E-state index in [1.165, 1.54) is 12.4 Å². The Hall–Kier alpha value is -2.69. The zero-order chi connectivity index (χ0) is 13.5. The van der Waals surface area contributed by atoms with Crippen LogP contribution in [0.4, 0.5) is 0 Å². The Morgan fingerprint density at radius 2 is 2.32 bits per heavy atom. The third kappa shape index (κ3) is 3.92. The molecule has 19 heavy (non-hydrogen) atoms. The van der Waals surface area contributed by atoms with Gasteiger partial charge in [-0.05, 0) is 43.3 Å². The van der Waals surface area contributed by atoms with Gasteiger partial charge in [0.1, 0.15) is 5.76 Å². The van der Waals surface area contributed by atoms with Crippen LogP contribution in [0, 0.1) is 6.92 Å². The van der Waals surface area contributed by atoms with Crippen LogP contribution in [0.5, 0.6) is 0 Å². The highest BCUT2D eigenvalue weighted by atomic mass is 16.3. The lowest BCUT2D eigenvalue weighted by molar-refractivity contribution is 0.0955. The number of nitrogens with one attached hydrogen (secondary N) is 1. The number of furan rings is 1. The normalized spacial score (nSPS) is 11.2. The van der Waals surface area contributed by atoms with Crippen molar-refractivity contribution >= 4 is 18.2 Å². The lowest BCUT2D eigenvalue weighted by Gasteiger charge is -1.98. The molecule has 0 aliphatic heterocycles. The summed E-state index contributed by atoms with van der Waals surface area (Å²) < 4.78 is 5.10. The average molecular weight is 255 g/mol. The van der Waals surface area contributed by atoms with Gasteiger partial charge in [-0.1, -0.05) is 0 Å². The summed E-state index contributed by atoms with van der Waals surface area (Å²) in [7, 11) is 0. The maximum Gasteiger partial charge on any atom is 0.272 e. The number of hydrogen-bond acceptors (Lipinski definition) is 4. The first-order valence-electron chi connectivity index (χ1n) is 5.72. The number of amides is 1. The second-order valence-electron chi connectivity index (χ2n) is 3.78. The summed E-state index contributed by atoms with van der Waals surface area (Å²) in [5.74, 6) is 0.427. The summed E-state index contributed by atoms with van der Waals surface area (Å²) in [6.45, 7) is 1.86. The lowest BCUT2D eigenvalue weighted by Crippen LogP contribution is -2.17. The number of aromatic nitrogens is 1. The molecule has 0 bridgehead atoms. The molecule has 1 N–H and O–H groups in total. The minimum atomic E-state index is -0.296. The van der Waals surface area contributed by atoms with Crippen molar-refractivity contribution in [3.05, 3.63) is 59.8 Å². The number of carbonyl (C=O) groups is 1. The van der Waals surface area contributed by atoms with Crippen LogP contribution in [0.1, 0.15) is 21.8 Å². The number of rotatable bonds is 4. The molecule has 0 aliphatic rings. The Morgan fingerprint density at radius 1 is 1.42 bits per heavy atom. The summed E-state index contributed by atoms with van der Waals surface area (Å²) in [5.41, 5.74) is 3.74. The highest BCUT2D eigenvalue weighted by Crippen LogP contribution is 2.01. The van der Waals surface area contributed by atoms with Crippen LogP contribution in [-0.4, -0.2) is 17.1 Å².